The number of benzene rings is 2. The molecule has 4 nitrogen and oxygen atoms in total. The molecule has 0 radical (unpaired) electrons. The summed E-state index contributed by atoms with van der Waals surface area (Å²) >= 11 is 0. The van der Waals surface area contributed by atoms with Gasteiger partial charge in [-0.2, -0.15) is 5.26 Å². The average molecular weight is 284 g/mol. The van der Waals surface area contributed by atoms with Crippen LogP contribution in [0.2, 0.25) is 0 Å². The summed E-state index contributed by atoms with van der Waals surface area (Å²) in [4.78, 5) is 12.0. The van der Waals surface area contributed by atoms with Gasteiger partial charge < -0.3 is 10.5 Å². The Morgan fingerprint density at radius 3 is 2.81 bits per heavy atom. The van der Waals surface area contributed by atoms with Crippen LogP contribution in [-0.2, 0) is 11.3 Å². The fourth-order valence-electron chi connectivity index (χ4n) is 1.99. The van der Waals surface area contributed by atoms with E-state index in [1.54, 1.807) is 25.1 Å². The Kier molecular flexibility index (Phi) is 4.19. The van der Waals surface area contributed by atoms with E-state index >= 15 is 0 Å². The van der Waals surface area contributed by atoms with Gasteiger partial charge in [0.1, 0.15) is 12.4 Å². The number of hydrogen-bond donors (Lipinski definition) is 1. The summed E-state index contributed by atoms with van der Waals surface area (Å²) in [5, 5.41) is 8.77. The molecule has 106 valence electrons. The first-order chi connectivity index (χ1) is 10.0. The van der Waals surface area contributed by atoms with E-state index < -0.39 is 11.8 Å². The van der Waals surface area contributed by atoms with Crippen molar-refractivity contribution in [2.75, 3.05) is 5.73 Å². The fourth-order valence-corrected chi connectivity index (χ4v) is 1.99. The number of ether oxygens (including phenoxy) is 1. The minimum Gasteiger partial charge on any atom is -0.457 e. The summed E-state index contributed by atoms with van der Waals surface area (Å²) in [6, 6.07) is 10.8. The Morgan fingerprint density at radius 2 is 2.14 bits per heavy atom. The summed E-state index contributed by atoms with van der Waals surface area (Å²) in [7, 11) is 0. The van der Waals surface area contributed by atoms with Gasteiger partial charge in [0.05, 0.1) is 17.2 Å². The van der Waals surface area contributed by atoms with E-state index in [0.717, 1.165) is 6.07 Å². The Balaban J connectivity index is 2.15. The number of anilines is 1. The van der Waals surface area contributed by atoms with Crippen LogP contribution in [0.5, 0.6) is 0 Å². The van der Waals surface area contributed by atoms with Gasteiger partial charge in [-0.05, 0) is 42.3 Å². The molecule has 0 aliphatic rings. The highest BCUT2D eigenvalue weighted by Gasteiger charge is 2.14. The van der Waals surface area contributed by atoms with E-state index in [1.807, 2.05) is 6.07 Å². The normalized spacial score (nSPS) is 9.95. The van der Waals surface area contributed by atoms with Crippen LogP contribution in [0.25, 0.3) is 0 Å². The van der Waals surface area contributed by atoms with Crippen LogP contribution in [-0.4, -0.2) is 5.97 Å². The van der Waals surface area contributed by atoms with Gasteiger partial charge in [-0.15, -0.1) is 0 Å². The predicted octanol–water partition coefficient (Wildman–Crippen LogP) is 2.95. The largest absolute Gasteiger partial charge is 0.457 e. The summed E-state index contributed by atoms with van der Waals surface area (Å²) in [6.45, 7) is 1.63. The summed E-state index contributed by atoms with van der Waals surface area (Å²) in [5.74, 6) is -1.12. The van der Waals surface area contributed by atoms with E-state index in [0.29, 0.717) is 22.4 Å². The second-order valence-electron chi connectivity index (χ2n) is 4.58. The molecule has 0 spiro atoms. The number of carbonyl (C=O) groups is 1. The Morgan fingerprint density at radius 1 is 1.38 bits per heavy atom. The molecular formula is C16H13FN2O2. The summed E-state index contributed by atoms with van der Waals surface area (Å²) in [6.07, 6.45) is 0. The number of rotatable bonds is 3. The van der Waals surface area contributed by atoms with E-state index in [1.165, 1.54) is 12.1 Å². The van der Waals surface area contributed by atoms with Crippen LogP contribution >= 0.6 is 0 Å². The highest BCUT2D eigenvalue weighted by molar-refractivity contribution is 5.96. The molecule has 0 fully saturated rings. The van der Waals surface area contributed by atoms with E-state index in [9.17, 15) is 9.18 Å². The molecule has 5 heteroatoms. The van der Waals surface area contributed by atoms with Gasteiger partial charge in [0, 0.05) is 5.69 Å². The first-order valence-corrected chi connectivity index (χ1v) is 6.23. The third-order valence-electron chi connectivity index (χ3n) is 2.97. The number of nitriles is 1. The lowest BCUT2D eigenvalue weighted by Crippen LogP contribution is -2.10. The molecule has 2 rings (SSSR count). The van der Waals surface area contributed by atoms with Crippen molar-refractivity contribution in [1.82, 2.24) is 0 Å². The SMILES string of the molecule is Cc1cccc(N)c1C(=O)OCc1cc(F)cc(C#N)c1. The quantitative estimate of drug-likeness (QED) is 0.694. The number of nitrogens with zero attached hydrogens (tertiary/aromatic N) is 1. The monoisotopic (exact) mass is 284 g/mol. The van der Waals surface area contributed by atoms with Crippen LogP contribution in [0.3, 0.4) is 0 Å². The van der Waals surface area contributed by atoms with Crippen molar-refractivity contribution in [3.8, 4) is 6.07 Å². The fraction of sp³-hybridized carbons (Fsp3) is 0.125. The molecule has 0 aliphatic heterocycles. The number of aryl methyl sites for hydroxylation is 1. The van der Waals surface area contributed by atoms with Crippen LogP contribution in [0.4, 0.5) is 10.1 Å². The molecule has 0 unspecified atom stereocenters. The minimum atomic E-state index is -0.576. The van der Waals surface area contributed by atoms with Crippen molar-refractivity contribution >= 4 is 11.7 Å². The predicted molar refractivity (Wildman–Crippen MR) is 75.8 cm³/mol. The van der Waals surface area contributed by atoms with Gasteiger partial charge in [0.15, 0.2) is 0 Å². The molecule has 0 saturated heterocycles. The van der Waals surface area contributed by atoms with Crippen molar-refractivity contribution in [2.24, 2.45) is 0 Å². The van der Waals surface area contributed by atoms with Gasteiger partial charge in [0.25, 0.3) is 0 Å². The summed E-state index contributed by atoms with van der Waals surface area (Å²) in [5.41, 5.74) is 7.68. The van der Waals surface area contributed by atoms with Gasteiger partial charge >= 0.3 is 5.97 Å². The lowest BCUT2D eigenvalue weighted by molar-refractivity contribution is 0.0472. The third kappa shape index (κ3) is 3.37. The molecule has 0 amide bonds. The van der Waals surface area contributed by atoms with E-state index in [4.69, 9.17) is 15.7 Å². The number of halogens is 1. The van der Waals surface area contributed by atoms with Crippen molar-refractivity contribution in [3.63, 3.8) is 0 Å². The van der Waals surface area contributed by atoms with Crippen LogP contribution < -0.4 is 5.73 Å². The molecule has 0 aromatic heterocycles. The maximum absolute atomic E-state index is 13.3. The second-order valence-corrected chi connectivity index (χ2v) is 4.58. The molecular weight excluding hydrogens is 271 g/mol. The average Bonchev–Trinajstić information content (AvgIpc) is 2.44. The van der Waals surface area contributed by atoms with Crippen LogP contribution in [0, 0.1) is 24.1 Å². The molecule has 2 N–H and O–H groups in total. The zero-order valence-electron chi connectivity index (χ0n) is 11.4. The Hall–Kier alpha value is -2.87. The minimum absolute atomic E-state index is 0.126. The topological polar surface area (TPSA) is 76.1 Å². The maximum atomic E-state index is 13.3. The molecule has 0 heterocycles. The van der Waals surface area contributed by atoms with Crippen molar-refractivity contribution in [2.45, 2.75) is 13.5 Å². The van der Waals surface area contributed by atoms with Crippen molar-refractivity contribution < 1.29 is 13.9 Å². The summed E-state index contributed by atoms with van der Waals surface area (Å²) < 4.78 is 18.4. The molecule has 21 heavy (non-hydrogen) atoms. The Labute approximate surface area is 121 Å². The van der Waals surface area contributed by atoms with Crippen LogP contribution in [0.15, 0.2) is 36.4 Å². The van der Waals surface area contributed by atoms with Gasteiger partial charge in [-0.25, -0.2) is 9.18 Å². The standard InChI is InChI=1S/C16H13FN2O2/c1-10-3-2-4-14(19)15(10)16(20)21-9-12-5-11(8-18)6-13(17)7-12/h2-7H,9,19H2,1H3. The first kappa shape index (κ1) is 14.5. The third-order valence-corrected chi connectivity index (χ3v) is 2.97. The van der Waals surface area contributed by atoms with E-state index in [2.05, 4.69) is 0 Å². The van der Waals surface area contributed by atoms with Crippen LogP contribution in [0.1, 0.15) is 27.0 Å². The number of nitrogen functional groups attached to an aromatic ring is 1. The smallest absolute Gasteiger partial charge is 0.340 e. The first-order valence-electron chi connectivity index (χ1n) is 6.23. The highest BCUT2D eigenvalue weighted by atomic mass is 19.1. The molecule has 0 bridgehead atoms. The molecule has 0 saturated carbocycles. The van der Waals surface area contributed by atoms with Gasteiger partial charge in [0.2, 0.25) is 0 Å². The Bertz CT molecular complexity index is 715. The zero-order valence-corrected chi connectivity index (χ0v) is 11.4. The molecule has 2 aromatic carbocycles. The lowest BCUT2D eigenvalue weighted by Gasteiger charge is -2.09. The maximum Gasteiger partial charge on any atom is 0.340 e. The second kappa shape index (κ2) is 6.06. The number of nitrogens with two attached hydrogens (primary N) is 1. The van der Waals surface area contributed by atoms with Gasteiger partial charge in [-0.1, -0.05) is 12.1 Å². The van der Waals surface area contributed by atoms with Gasteiger partial charge in [-0.3, -0.25) is 0 Å². The van der Waals surface area contributed by atoms with Crippen molar-refractivity contribution in [1.29, 1.82) is 5.26 Å². The zero-order chi connectivity index (χ0) is 15.4. The number of esters is 1. The molecule has 2 aromatic rings. The number of carbonyl (C=O) groups excluding carboxylic acids is 1. The van der Waals surface area contributed by atoms with E-state index in [-0.39, 0.29) is 12.2 Å². The van der Waals surface area contributed by atoms with Crippen molar-refractivity contribution in [3.05, 3.63) is 64.5 Å². The number of hydrogen-bond acceptors (Lipinski definition) is 4. The highest BCUT2D eigenvalue weighted by Crippen LogP contribution is 2.18. The molecule has 0 aliphatic carbocycles. The molecule has 0 atom stereocenters. The lowest BCUT2D eigenvalue weighted by atomic mass is 10.1.